The molecule has 2 bridgehead atoms. The Hall–Kier alpha value is -1.59. The van der Waals surface area contributed by atoms with E-state index in [9.17, 15) is 4.79 Å². The van der Waals surface area contributed by atoms with Gasteiger partial charge in [0.1, 0.15) is 5.75 Å². The second kappa shape index (κ2) is 7.80. The predicted molar refractivity (Wildman–Crippen MR) is 111 cm³/mol. The number of ether oxygens (including phenoxy) is 1. The summed E-state index contributed by atoms with van der Waals surface area (Å²) in [5, 5.41) is 1.42. The molecular formula is C22H28N2O2S. The average molecular weight is 385 g/mol. The summed E-state index contributed by atoms with van der Waals surface area (Å²) in [6.45, 7) is 6.33. The zero-order valence-corrected chi connectivity index (χ0v) is 17.2. The number of thioether (sulfide) groups is 1. The van der Waals surface area contributed by atoms with Crippen LogP contribution in [-0.4, -0.2) is 41.2 Å². The second-order valence-electron chi connectivity index (χ2n) is 7.83. The van der Waals surface area contributed by atoms with E-state index < -0.39 is 0 Å². The van der Waals surface area contributed by atoms with E-state index in [2.05, 4.69) is 28.9 Å². The molecule has 0 spiro atoms. The maximum atomic E-state index is 12.2. The Morgan fingerprint density at radius 3 is 2.93 bits per heavy atom. The van der Waals surface area contributed by atoms with Crippen LogP contribution in [0.2, 0.25) is 0 Å². The van der Waals surface area contributed by atoms with Gasteiger partial charge in [0, 0.05) is 31.1 Å². The van der Waals surface area contributed by atoms with Gasteiger partial charge in [-0.15, -0.1) is 0 Å². The largest absolute Gasteiger partial charge is 0.497 e. The number of aromatic nitrogens is 1. The quantitative estimate of drug-likeness (QED) is 0.748. The summed E-state index contributed by atoms with van der Waals surface area (Å²) in [6.07, 6.45) is 5.63. The summed E-state index contributed by atoms with van der Waals surface area (Å²) in [6, 6.07) is 8.54. The van der Waals surface area contributed by atoms with Crippen LogP contribution >= 0.6 is 11.8 Å². The third kappa shape index (κ3) is 3.59. The maximum Gasteiger partial charge on any atom is 0.186 e. The molecule has 3 fully saturated rings. The number of carbonyl (C=O) groups is 1. The van der Waals surface area contributed by atoms with E-state index in [0.717, 1.165) is 35.0 Å². The summed E-state index contributed by atoms with van der Waals surface area (Å²) < 4.78 is 5.45. The van der Waals surface area contributed by atoms with E-state index in [1.54, 1.807) is 14.0 Å². The Morgan fingerprint density at radius 1 is 1.41 bits per heavy atom. The standard InChI is InChI=1S/C22H28N2O2S/c1-4-15-13-24-10-8-16(15)11-21(24)22(27-14(2)25)18-7-9-23-20-6-5-17(26-3)12-19(18)20/h5-7,9,12,15-16,21-22H,4,8,10-11,13H2,1-3H3/t15-,16-,21-,22+/m0/s1. The first-order valence-corrected chi connectivity index (χ1v) is 10.8. The van der Waals surface area contributed by atoms with Crippen molar-refractivity contribution in [1.29, 1.82) is 0 Å². The van der Waals surface area contributed by atoms with E-state index in [1.165, 1.54) is 43.1 Å². The average Bonchev–Trinajstić information content (AvgIpc) is 2.71. The van der Waals surface area contributed by atoms with Crippen LogP contribution in [0, 0.1) is 11.8 Å². The minimum Gasteiger partial charge on any atom is -0.497 e. The van der Waals surface area contributed by atoms with E-state index >= 15 is 0 Å². The molecule has 5 rings (SSSR count). The van der Waals surface area contributed by atoms with Crippen LogP contribution < -0.4 is 4.74 Å². The molecule has 3 aliphatic heterocycles. The Bertz CT molecular complexity index is 840. The van der Waals surface area contributed by atoms with Gasteiger partial charge in [-0.1, -0.05) is 25.1 Å². The van der Waals surface area contributed by atoms with Crippen molar-refractivity contribution in [3.8, 4) is 5.75 Å². The lowest BCUT2D eigenvalue weighted by atomic mass is 9.73. The van der Waals surface area contributed by atoms with Gasteiger partial charge in [0.15, 0.2) is 5.12 Å². The normalized spacial score (nSPS) is 28.3. The molecule has 4 heterocycles. The highest BCUT2D eigenvalue weighted by Crippen LogP contribution is 2.47. The Kier molecular flexibility index (Phi) is 5.42. The van der Waals surface area contributed by atoms with Crippen LogP contribution in [0.5, 0.6) is 5.75 Å². The molecule has 0 saturated carbocycles. The summed E-state index contributed by atoms with van der Waals surface area (Å²) in [5.41, 5.74) is 2.18. The van der Waals surface area contributed by atoms with Gasteiger partial charge in [-0.25, -0.2) is 0 Å². The molecule has 5 heteroatoms. The fraction of sp³-hybridized carbons (Fsp3) is 0.545. The fourth-order valence-corrected chi connectivity index (χ4v) is 6.14. The highest BCUT2D eigenvalue weighted by molar-refractivity contribution is 8.13. The van der Waals surface area contributed by atoms with E-state index in [-0.39, 0.29) is 10.4 Å². The molecule has 144 valence electrons. The van der Waals surface area contributed by atoms with Crippen LogP contribution in [0.3, 0.4) is 0 Å². The predicted octanol–water partition coefficient (Wildman–Crippen LogP) is 4.68. The minimum absolute atomic E-state index is 0.140. The van der Waals surface area contributed by atoms with Crippen LogP contribution in [0.1, 0.15) is 43.9 Å². The molecule has 0 N–H and O–H groups in total. The molecule has 0 amide bonds. The molecule has 0 radical (unpaired) electrons. The van der Waals surface area contributed by atoms with Crippen molar-refractivity contribution in [2.75, 3.05) is 20.2 Å². The second-order valence-corrected chi connectivity index (χ2v) is 9.15. The first-order chi connectivity index (χ1) is 13.1. The minimum atomic E-state index is 0.140. The van der Waals surface area contributed by atoms with Crippen LogP contribution in [0.15, 0.2) is 30.5 Å². The van der Waals surface area contributed by atoms with Crippen molar-refractivity contribution in [1.82, 2.24) is 9.88 Å². The zero-order valence-electron chi connectivity index (χ0n) is 16.4. The first-order valence-electron chi connectivity index (χ1n) is 9.94. The smallest absolute Gasteiger partial charge is 0.186 e. The van der Waals surface area contributed by atoms with Crippen LogP contribution in [0.25, 0.3) is 10.9 Å². The van der Waals surface area contributed by atoms with Gasteiger partial charge in [0.25, 0.3) is 0 Å². The molecular weight excluding hydrogens is 356 g/mol. The van der Waals surface area contributed by atoms with Gasteiger partial charge in [-0.2, -0.15) is 0 Å². The number of benzene rings is 1. The summed E-state index contributed by atoms with van der Waals surface area (Å²) in [7, 11) is 1.69. The van der Waals surface area contributed by atoms with Gasteiger partial charge in [-0.3, -0.25) is 14.7 Å². The number of fused-ring (bicyclic) bond motifs is 4. The van der Waals surface area contributed by atoms with Crippen molar-refractivity contribution in [2.24, 2.45) is 11.8 Å². The lowest BCUT2D eigenvalue weighted by molar-refractivity contribution is -0.109. The highest BCUT2D eigenvalue weighted by Gasteiger charge is 2.43. The zero-order chi connectivity index (χ0) is 19.0. The maximum absolute atomic E-state index is 12.2. The Labute approximate surface area is 165 Å². The van der Waals surface area contributed by atoms with Crippen LogP contribution in [0.4, 0.5) is 0 Å². The van der Waals surface area contributed by atoms with Gasteiger partial charge >= 0.3 is 0 Å². The van der Waals surface area contributed by atoms with E-state index in [4.69, 9.17) is 4.74 Å². The molecule has 3 saturated heterocycles. The lowest BCUT2D eigenvalue weighted by Crippen LogP contribution is -2.54. The third-order valence-electron chi connectivity index (χ3n) is 6.39. The van der Waals surface area contributed by atoms with Crippen molar-refractivity contribution in [3.63, 3.8) is 0 Å². The van der Waals surface area contributed by atoms with Crippen molar-refractivity contribution in [2.45, 2.75) is 44.4 Å². The molecule has 4 nitrogen and oxygen atoms in total. The van der Waals surface area contributed by atoms with Gasteiger partial charge in [-0.05, 0) is 61.1 Å². The first kappa shape index (κ1) is 18.8. The highest BCUT2D eigenvalue weighted by atomic mass is 32.2. The van der Waals surface area contributed by atoms with Crippen molar-refractivity contribution < 1.29 is 9.53 Å². The molecule has 3 aliphatic rings. The number of piperidine rings is 3. The Morgan fingerprint density at radius 2 is 2.26 bits per heavy atom. The molecule has 2 aromatic rings. The lowest BCUT2D eigenvalue weighted by Gasteiger charge is -2.52. The molecule has 27 heavy (non-hydrogen) atoms. The molecule has 1 aromatic carbocycles. The molecule has 1 aromatic heterocycles. The van der Waals surface area contributed by atoms with Gasteiger partial charge in [0.2, 0.25) is 0 Å². The van der Waals surface area contributed by atoms with Crippen molar-refractivity contribution >= 4 is 27.8 Å². The third-order valence-corrected chi connectivity index (χ3v) is 7.55. The number of hydrogen-bond acceptors (Lipinski definition) is 5. The Balaban J connectivity index is 1.75. The number of pyridine rings is 1. The molecule has 5 atom stereocenters. The molecule has 1 unspecified atom stereocenters. The van der Waals surface area contributed by atoms with Gasteiger partial charge in [0.05, 0.1) is 17.9 Å². The number of nitrogens with zero attached hydrogens (tertiary/aromatic N) is 2. The summed E-state index contributed by atoms with van der Waals surface area (Å²) >= 11 is 1.49. The van der Waals surface area contributed by atoms with E-state index in [1.807, 2.05) is 18.3 Å². The number of methoxy groups -OCH3 is 1. The SMILES string of the molecule is CC[C@H]1CN2CC[C@H]1C[C@H]2[C@H](SC(C)=O)c1ccnc2ccc(OC)cc12. The van der Waals surface area contributed by atoms with Crippen LogP contribution in [-0.2, 0) is 4.79 Å². The monoisotopic (exact) mass is 384 g/mol. The number of hydrogen-bond donors (Lipinski definition) is 0. The van der Waals surface area contributed by atoms with Crippen molar-refractivity contribution in [3.05, 3.63) is 36.0 Å². The fourth-order valence-electron chi connectivity index (χ4n) is 5.01. The topological polar surface area (TPSA) is 42.4 Å². The summed E-state index contributed by atoms with van der Waals surface area (Å²) in [4.78, 5) is 19.3. The molecule has 0 aliphatic carbocycles. The summed E-state index contributed by atoms with van der Waals surface area (Å²) in [5.74, 6) is 2.44. The number of carbonyl (C=O) groups excluding carboxylic acids is 1. The number of rotatable bonds is 5. The van der Waals surface area contributed by atoms with E-state index in [0.29, 0.717) is 6.04 Å². The van der Waals surface area contributed by atoms with Gasteiger partial charge < -0.3 is 4.74 Å².